The molecule has 2 N–H and O–H groups in total. The maximum atomic E-state index is 11.1. The summed E-state index contributed by atoms with van der Waals surface area (Å²) in [6.07, 6.45) is 0. The Kier molecular flexibility index (Phi) is 4.43. The molecule has 1 aromatic carbocycles. The second-order valence-corrected chi connectivity index (χ2v) is 4.66. The van der Waals surface area contributed by atoms with Crippen molar-refractivity contribution in [1.29, 1.82) is 0 Å². The van der Waals surface area contributed by atoms with Crippen molar-refractivity contribution in [3.8, 4) is 5.69 Å². The number of rotatable bonds is 4. The summed E-state index contributed by atoms with van der Waals surface area (Å²) in [6.45, 7) is 2.99. The van der Waals surface area contributed by atoms with E-state index in [4.69, 9.17) is 12.2 Å². The predicted molar refractivity (Wildman–Crippen MR) is 78.3 cm³/mol. The number of hydrogen-bond acceptors (Lipinski definition) is 5. The SMILES string of the molecule is CC(=O)NCn1nnn(-c2cccc(NC(C)=O)c2)c1=S. The predicted octanol–water partition coefficient (Wildman–Crippen LogP) is 0.850. The molecular weight excluding hydrogens is 292 g/mol. The third-order valence-corrected chi connectivity index (χ3v) is 2.91. The Morgan fingerprint density at radius 3 is 2.67 bits per heavy atom. The van der Waals surface area contributed by atoms with Gasteiger partial charge in [-0.25, -0.2) is 0 Å². The van der Waals surface area contributed by atoms with Crippen LogP contribution in [0.15, 0.2) is 24.3 Å². The van der Waals surface area contributed by atoms with Crippen LogP contribution in [0.5, 0.6) is 0 Å². The maximum Gasteiger partial charge on any atom is 0.222 e. The molecule has 0 saturated heterocycles. The van der Waals surface area contributed by atoms with Crippen LogP contribution in [0.1, 0.15) is 13.8 Å². The smallest absolute Gasteiger partial charge is 0.222 e. The van der Waals surface area contributed by atoms with E-state index in [1.807, 2.05) is 0 Å². The van der Waals surface area contributed by atoms with Gasteiger partial charge in [0.15, 0.2) is 0 Å². The lowest BCUT2D eigenvalue weighted by molar-refractivity contribution is -0.119. The van der Waals surface area contributed by atoms with Gasteiger partial charge in [-0.05, 0) is 40.8 Å². The number of anilines is 1. The van der Waals surface area contributed by atoms with Crippen molar-refractivity contribution in [2.75, 3.05) is 5.32 Å². The molecule has 2 amide bonds. The highest BCUT2D eigenvalue weighted by Crippen LogP contribution is 2.14. The van der Waals surface area contributed by atoms with E-state index in [1.165, 1.54) is 23.2 Å². The Hall–Kier alpha value is -2.55. The summed E-state index contributed by atoms with van der Waals surface area (Å²) in [6, 6.07) is 7.05. The van der Waals surface area contributed by atoms with Crippen LogP contribution >= 0.6 is 12.2 Å². The highest BCUT2D eigenvalue weighted by molar-refractivity contribution is 7.71. The molecule has 0 aliphatic heterocycles. The van der Waals surface area contributed by atoms with E-state index < -0.39 is 0 Å². The molecule has 0 aliphatic carbocycles. The van der Waals surface area contributed by atoms with E-state index in [0.717, 1.165) is 0 Å². The van der Waals surface area contributed by atoms with Crippen LogP contribution in [0.2, 0.25) is 0 Å². The van der Waals surface area contributed by atoms with Crippen molar-refractivity contribution in [3.63, 3.8) is 0 Å². The minimum absolute atomic E-state index is 0.152. The molecule has 2 rings (SSSR count). The molecule has 0 radical (unpaired) electrons. The van der Waals surface area contributed by atoms with Crippen molar-refractivity contribution in [3.05, 3.63) is 29.0 Å². The van der Waals surface area contributed by atoms with Crippen LogP contribution in [-0.4, -0.2) is 31.6 Å². The fourth-order valence-corrected chi connectivity index (χ4v) is 1.88. The zero-order valence-electron chi connectivity index (χ0n) is 11.5. The lowest BCUT2D eigenvalue weighted by atomic mass is 10.3. The van der Waals surface area contributed by atoms with Crippen LogP contribution < -0.4 is 10.6 Å². The summed E-state index contributed by atoms with van der Waals surface area (Å²) in [7, 11) is 0. The lowest BCUT2D eigenvalue weighted by Gasteiger charge is -2.05. The average Bonchev–Trinajstić information content (AvgIpc) is 2.77. The number of carbonyl (C=O) groups excluding carboxylic acids is 2. The number of benzene rings is 1. The van der Waals surface area contributed by atoms with E-state index >= 15 is 0 Å². The number of hydrogen-bond donors (Lipinski definition) is 2. The van der Waals surface area contributed by atoms with E-state index in [-0.39, 0.29) is 18.5 Å². The Morgan fingerprint density at radius 1 is 1.24 bits per heavy atom. The summed E-state index contributed by atoms with van der Waals surface area (Å²) in [5.41, 5.74) is 1.30. The molecule has 110 valence electrons. The van der Waals surface area contributed by atoms with Crippen molar-refractivity contribution >= 4 is 29.7 Å². The van der Waals surface area contributed by atoms with Crippen LogP contribution in [0, 0.1) is 4.77 Å². The van der Waals surface area contributed by atoms with Gasteiger partial charge < -0.3 is 10.6 Å². The fourth-order valence-electron chi connectivity index (χ4n) is 1.64. The Labute approximate surface area is 125 Å². The summed E-state index contributed by atoms with van der Waals surface area (Å²) in [5.74, 6) is -0.343. The first-order valence-corrected chi connectivity index (χ1v) is 6.53. The number of nitrogens with one attached hydrogen (secondary N) is 2. The van der Waals surface area contributed by atoms with Crippen LogP contribution in [0.25, 0.3) is 5.69 Å². The first-order chi connectivity index (χ1) is 9.97. The molecule has 9 heteroatoms. The average molecular weight is 306 g/mol. The Morgan fingerprint density at radius 2 is 2.00 bits per heavy atom. The summed E-state index contributed by atoms with van der Waals surface area (Å²) < 4.78 is 3.17. The first kappa shape index (κ1) is 14.9. The van der Waals surface area contributed by atoms with Gasteiger partial charge in [0, 0.05) is 19.5 Å². The normalized spacial score (nSPS) is 10.2. The molecule has 0 atom stereocenters. The molecule has 0 unspecified atom stereocenters. The van der Waals surface area contributed by atoms with Gasteiger partial charge in [-0.15, -0.1) is 0 Å². The third-order valence-electron chi connectivity index (χ3n) is 2.53. The molecule has 0 fully saturated rings. The molecule has 1 aromatic heterocycles. The second-order valence-electron chi connectivity index (χ2n) is 4.30. The summed E-state index contributed by atoms with van der Waals surface area (Å²) in [4.78, 5) is 22.0. The summed E-state index contributed by atoms with van der Waals surface area (Å²) in [5, 5.41) is 13.1. The Balaban J connectivity index is 2.28. The van der Waals surface area contributed by atoms with E-state index in [9.17, 15) is 9.59 Å². The van der Waals surface area contributed by atoms with E-state index in [2.05, 4.69) is 21.1 Å². The van der Waals surface area contributed by atoms with Gasteiger partial charge in [0.2, 0.25) is 16.6 Å². The monoisotopic (exact) mass is 306 g/mol. The molecule has 0 aliphatic rings. The zero-order chi connectivity index (χ0) is 15.4. The first-order valence-electron chi connectivity index (χ1n) is 6.12. The van der Waals surface area contributed by atoms with Crippen LogP contribution in [-0.2, 0) is 16.3 Å². The number of aromatic nitrogens is 4. The van der Waals surface area contributed by atoms with Gasteiger partial charge in [0.05, 0.1) is 5.69 Å². The number of carbonyl (C=O) groups is 2. The second kappa shape index (κ2) is 6.27. The van der Waals surface area contributed by atoms with Crippen molar-refractivity contribution in [1.82, 2.24) is 25.1 Å². The quantitative estimate of drug-likeness (QED) is 0.817. The van der Waals surface area contributed by atoms with Gasteiger partial charge in [-0.1, -0.05) is 6.07 Å². The number of amides is 2. The Bertz CT molecular complexity index is 735. The molecular formula is C12H14N6O2S. The molecule has 21 heavy (non-hydrogen) atoms. The van der Waals surface area contributed by atoms with Gasteiger partial charge in [0.1, 0.15) is 6.67 Å². The van der Waals surface area contributed by atoms with Gasteiger partial charge in [-0.3, -0.25) is 9.59 Å². The number of nitrogens with zero attached hydrogens (tertiary/aromatic N) is 4. The molecule has 1 heterocycles. The zero-order valence-corrected chi connectivity index (χ0v) is 12.3. The molecule has 0 bridgehead atoms. The number of tetrazole rings is 1. The van der Waals surface area contributed by atoms with Crippen LogP contribution in [0.3, 0.4) is 0 Å². The van der Waals surface area contributed by atoms with Gasteiger partial charge in [-0.2, -0.15) is 9.36 Å². The lowest BCUT2D eigenvalue weighted by Crippen LogP contribution is -2.24. The minimum atomic E-state index is -0.181. The molecule has 0 spiro atoms. The fraction of sp³-hybridized carbons (Fsp3) is 0.250. The van der Waals surface area contributed by atoms with Gasteiger partial charge >= 0.3 is 0 Å². The highest BCUT2D eigenvalue weighted by atomic mass is 32.1. The van der Waals surface area contributed by atoms with Gasteiger partial charge in [0.25, 0.3) is 0 Å². The van der Waals surface area contributed by atoms with Crippen molar-refractivity contribution in [2.45, 2.75) is 20.5 Å². The van der Waals surface area contributed by atoms with Crippen molar-refractivity contribution in [2.24, 2.45) is 0 Å². The topological polar surface area (TPSA) is 93.8 Å². The van der Waals surface area contributed by atoms with E-state index in [1.54, 1.807) is 24.3 Å². The van der Waals surface area contributed by atoms with E-state index in [0.29, 0.717) is 16.1 Å². The largest absolute Gasteiger partial charge is 0.337 e. The van der Waals surface area contributed by atoms with Crippen LogP contribution in [0.4, 0.5) is 5.69 Å². The maximum absolute atomic E-state index is 11.1. The summed E-state index contributed by atoms with van der Waals surface area (Å²) >= 11 is 5.25. The molecule has 8 nitrogen and oxygen atoms in total. The third kappa shape index (κ3) is 3.72. The molecule has 0 saturated carbocycles. The minimum Gasteiger partial charge on any atom is -0.337 e. The van der Waals surface area contributed by atoms with Crippen molar-refractivity contribution < 1.29 is 9.59 Å². The highest BCUT2D eigenvalue weighted by Gasteiger charge is 2.07. The molecule has 2 aromatic rings. The standard InChI is InChI=1S/C12H14N6O2S/c1-8(19)13-7-17-12(21)18(16-15-17)11-5-3-4-10(6-11)14-9(2)20/h3-6H,7H2,1-2H3,(H,13,19)(H,14,20).